The molecule has 0 aliphatic rings. The molecule has 0 aliphatic heterocycles. The lowest BCUT2D eigenvalue weighted by Gasteiger charge is -2.18. The van der Waals surface area contributed by atoms with Gasteiger partial charge in [-0.25, -0.2) is 9.97 Å². The number of rotatable bonds is 4. The fraction of sp³-hybridized carbons (Fsp3) is 0.538. The number of nitrogens with zero attached hydrogens (tertiary/aromatic N) is 3. The van der Waals surface area contributed by atoms with Crippen molar-refractivity contribution in [3.8, 4) is 0 Å². The van der Waals surface area contributed by atoms with Gasteiger partial charge in [-0.05, 0) is 31.9 Å². The average Bonchev–Trinajstić information content (AvgIpc) is 2.71. The molecular weight excluding hydrogens is 234 g/mol. The molecule has 2 heterocycles. The number of alkyl halides is 1. The maximum Gasteiger partial charge on any atom is 0.160 e. The van der Waals surface area contributed by atoms with E-state index in [1.165, 1.54) is 0 Å². The zero-order valence-electron chi connectivity index (χ0n) is 10.5. The van der Waals surface area contributed by atoms with Gasteiger partial charge in [-0.15, -0.1) is 11.6 Å². The molecule has 4 heteroatoms. The molecule has 0 amide bonds. The molecule has 0 aromatic carbocycles. The van der Waals surface area contributed by atoms with Crippen molar-refractivity contribution >= 4 is 22.8 Å². The SMILES string of the molecule is CCC(CC)n1c(C(C)Cl)nc2cccnc21. The predicted octanol–water partition coefficient (Wildman–Crippen LogP) is 4.09. The summed E-state index contributed by atoms with van der Waals surface area (Å²) in [6.45, 7) is 6.33. The predicted molar refractivity (Wildman–Crippen MR) is 71.4 cm³/mol. The molecule has 0 aliphatic carbocycles. The van der Waals surface area contributed by atoms with Crippen LogP contribution in [0.1, 0.15) is 50.9 Å². The van der Waals surface area contributed by atoms with Crippen molar-refractivity contribution in [1.29, 1.82) is 0 Å². The Morgan fingerprint density at radius 3 is 2.65 bits per heavy atom. The molecule has 2 rings (SSSR count). The number of hydrogen-bond donors (Lipinski definition) is 0. The lowest BCUT2D eigenvalue weighted by Crippen LogP contribution is -2.12. The highest BCUT2D eigenvalue weighted by atomic mass is 35.5. The Bertz CT molecular complexity index is 500. The van der Waals surface area contributed by atoms with E-state index < -0.39 is 0 Å². The van der Waals surface area contributed by atoms with Gasteiger partial charge in [0, 0.05) is 12.2 Å². The van der Waals surface area contributed by atoms with Crippen molar-refractivity contribution in [3.63, 3.8) is 0 Å². The third-order valence-corrected chi connectivity index (χ3v) is 3.33. The standard InChI is InChI=1S/C13H18ClN3/c1-4-10(5-2)17-12(9(3)14)16-11-7-6-8-15-13(11)17/h6-10H,4-5H2,1-3H3. The Labute approximate surface area is 107 Å². The Balaban J connectivity index is 2.67. The molecule has 92 valence electrons. The Hall–Kier alpha value is -1.09. The van der Waals surface area contributed by atoms with Gasteiger partial charge in [0.25, 0.3) is 0 Å². The monoisotopic (exact) mass is 251 g/mol. The summed E-state index contributed by atoms with van der Waals surface area (Å²) in [6, 6.07) is 4.32. The van der Waals surface area contributed by atoms with E-state index in [4.69, 9.17) is 11.6 Å². The van der Waals surface area contributed by atoms with Crippen LogP contribution in [0.4, 0.5) is 0 Å². The molecule has 17 heavy (non-hydrogen) atoms. The average molecular weight is 252 g/mol. The summed E-state index contributed by atoms with van der Waals surface area (Å²) in [4.78, 5) is 9.04. The van der Waals surface area contributed by atoms with E-state index in [9.17, 15) is 0 Å². The number of hydrogen-bond acceptors (Lipinski definition) is 2. The number of aromatic nitrogens is 3. The van der Waals surface area contributed by atoms with Crippen LogP contribution in [-0.2, 0) is 0 Å². The molecule has 0 N–H and O–H groups in total. The van der Waals surface area contributed by atoms with Crippen molar-refractivity contribution in [1.82, 2.24) is 14.5 Å². The third-order valence-electron chi connectivity index (χ3n) is 3.14. The minimum absolute atomic E-state index is 0.0928. The van der Waals surface area contributed by atoms with Gasteiger partial charge in [0.2, 0.25) is 0 Å². The van der Waals surface area contributed by atoms with E-state index in [0.29, 0.717) is 6.04 Å². The summed E-state index contributed by atoms with van der Waals surface area (Å²) in [5.41, 5.74) is 1.88. The maximum absolute atomic E-state index is 6.23. The van der Waals surface area contributed by atoms with Gasteiger partial charge in [-0.3, -0.25) is 0 Å². The molecule has 2 aromatic heterocycles. The molecule has 1 unspecified atom stereocenters. The van der Waals surface area contributed by atoms with Crippen molar-refractivity contribution < 1.29 is 0 Å². The topological polar surface area (TPSA) is 30.7 Å². The minimum Gasteiger partial charge on any atom is -0.308 e. The molecule has 2 aromatic rings. The molecular formula is C13H18ClN3. The van der Waals surface area contributed by atoms with Crippen LogP contribution < -0.4 is 0 Å². The zero-order valence-corrected chi connectivity index (χ0v) is 11.3. The molecule has 1 atom stereocenters. The van der Waals surface area contributed by atoms with Crippen LogP contribution in [0, 0.1) is 0 Å². The van der Waals surface area contributed by atoms with E-state index in [1.54, 1.807) is 0 Å². The highest BCUT2D eigenvalue weighted by Crippen LogP contribution is 2.29. The largest absolute Gasteiger partial charge is 0.308 e. The summed E-state index contributed by atoms with van der Waals surface area (Å²) in [6.07, 6.45) is 3.94. The number of pyridine rings is 1. The molecule has 0 bridgehead atoms. The normalized spacial score (nSPS) is 13.5. The molecule has 0 saturated heterocycles. The van der Waals surface area contributed by atoms with Crippen LogP contribution >= 0.6 is 11.6 Å². The first-order valence-electron chi connectivity index (χ1n) is 6.15. The van der Waals surface area contributed by atoms with E-state index in [-0.39, 0.29) is 5.38 Å². The van der Waals surface area contributed by atoms with Crippen LogP contribution in [-0.4, -0.2) is 14.5 Å². The molecule has 0 spiro atoms. The number of imidazole rings is 1. The van der Waals surface area contributed by atoms with Crippen molar-refractivity contribution in [2.45, 2.75) is 45.0 Å². The van der Waals surface area contributed by atoms with E-state index in [1.807, 2.05) is 25.3 Å². The lowest BCUT2D eigenvalue weighted by molar-refractivity contribution is 0.464. The first-order valence-corrected chi connectivity index (χ1v) is 6.59. The number of halogens is 1. The van der Waals surface area contributed by atoms with Gasteiger partial charge in [-0.2, -0.15) is 0 Å². The van der Waals surface area contributed by atoms with E-state index in [2.05, 4.69) is 28.4 Å². The van der Waals surface area contributed by atoms with Gasteiger partial charge in [0.05, 0.1) is 5.38 Å². The lowest BCUT2D eigenvalue weighted by atomic mass is 10.1. The van der Waals surface area contributed by atoms with Crippen molar-refractivity contribution in [3.05, 3.63) is 24.2 Å². The van der Waals surface area contributed by atoms with Crippen LogP contribution in [0.15, 0.2) is 18.3 Å². The van der Waals surface area contributed by atoms with E-state index in [0.717, 1.165) is 29.8 Å². The Morgan fingerprint density at radius 1 is 1.35 bits per heavy atom. The first kappa shape index (κ1) is 12.4. The molecule has 0 fully saturated rings. The summed E-state index contributed by atoms with van der Waals surface area (Å²) in [5, 5.41) is -0.0928. The van der Waals surface area contributed by atoms with Crippen molar-refractivity contribution in [2.24, 2.45) is 0 Å². The first-order chi connectivity index (χ1) is 8.19. The summed E-state index contributed by atoms with van der Waals surface area (Å²) < 4.78 is 2.20. The minimum atomic E-state index is -0.0928. The second kappa shape index (κ2) is 5.05. The summed E-state index contributed by atoms with van der Waals surface area (Å²) in [5.74, 6) is 0.925. The highest BCUT2D eigenvalue weighted by Gasteiger charge is 2.20. The Kier molecular flexibility index (Phi) is 3.67. The zero-order chi connectivity index (χ0) is 12.4. The second-order valence-corrected chi connectivity index (χ2v) is 4.93. The van der Waals surface area contributed by atoms with Crippen LogP contribution in [0.25, 0.3) is 11.2 Å². The Morgan fingerprint density at radius 2 is 2.06 bits per heavy atom. The van der Waals surface area contributed by atoms with Crippen LogP contribution in [0.3, 0.4) is 0 Å². The highest BCUT2D eigenvalue weighted by molar-refractivity contribution is 6.20. The van der Waals surface area contributed by atoms with Gasteiger partial charge < -0.3 is 4.57 Å². The van der Waals surface area contributed by atoms with Gasteiger partial charge in [-0.1, -0.05) is 13.8 Å². The third kappa shape index (κ3) is 2.16. The van der Waals surface area contributed by atoms with Gasteiger partial charge >= 0.3 is 0 Å². The van der Waals surface area contributed by atoms with Crippen LogP contribution in [0.5, 0.6) is 0 Å². The van der Waals surface area contributed by atoms with Gasteiger partial charge in [0.15, 0.2) is 5.65 Å². The smallest absolute Gasteiger partial charge is 0.160 e. The molecule has 0 saturated carbocycles. The molecule has 0 radical (unpaired) electrons. The number of fused-ring (bicyclic) bond motifs is 1. The molecule has 3 nitrogen and oxygen atoms in total. The van der Waals surface area contributed by atoms with E-state index >= 15 is 0 Å². The fourth-order valence-corrected chi connectivity index (χ4v) is 2.40. The summed E-state index contributed by atoms with van der Waals surface area (Å²) in [7, 11) is 0. The fourth-order valence-electron chi connectivity index (χ4n) is 2.24. The second-order valence-electron chi connectivity index (χ2n) is 4.27. The van der Waals surface area contributed by atoms with Gasteiger partial charge in [0.1, 0.15) is 11.3 Å². The quantitative estimate of drug-likeness (QED) is 0.767. The van der Waals surface area contributed by atoms with Crippen LogP contribution in [0.2, 0.25) is 0 Å². The maximum atomic E-state index is 6.23. The summed E-state index contributed by atoms with van der Waals surface area (Å²) >= 11 is 6.23. The van der Waals surface area contributed by atoms with Crippen molar-refractivity contribution in [2.75, 3.05) is 0 Å².